The summed E-state index contributed by atoms with van der Waals surface area (Å²) in [5, 5.41) is 11.3. The Morgan fingerprint density at radius 3 is 2.50 bits per heavy atom. The highest BCUT2D eigenvalue weighted by Gasteiger charge is 2.48. The van der Waals surface area contributed by atoms with Crippen molar-refractivity contribution in [2.24, 2.45) is 5.92 Å². The van der Waals surface area contributed by atoms with Gasteiger partial charge < -0.3 is 10.2 Å². The van der Waals surface area contributed by atoms with Gasteiger partial charge in [-0.25, -0.2) is 15.0 Å². The van der Waals surface area contributed by atoms with Crippen LogP contribution >= 0.6 is 0 Å². The van der Waals surface area contributed by atoms with Gasteiger partial charge in [0.15, 0.2) is 5.69 Å². The lowest BCUT2D eigenvalue weighted by molar-refractivity contribution is -0.138. The number of fused-ring (bicyclic) bond motifs is 2. The molecule has 0 aromatic carbocycles. The van der Waals surface area contributed by atoms with Gasteiger partial charge in [-0.3, -0.25) is 4.79 Å². The van der Waals surface area contributed by atoms with E-state index in [1.54, 1.807) is 24.0 Å². The molecule has 3 atom stereocenters. The number of alkyl halides is 3. The second kappa shape index (κ2) is 7.53. The zero-order valence-electron chi connectivity index (χ0n) is 17.0. The van der Waals surface area contributed by atoms with Crippen molar-refractivity contribution in [1.82, 2.24) is 34.8 Å². The molecule has 2 bridgehead atoms. The first-order valence-electron chi connectivity index (χ1n) is 10.1. The molecule has 0 spiro atoms. The number of likely N-dealkylation sites (tertiary alicyclic amines) is 1. The van der Waals surface area contributed by atoms with Crippen LogP contribution < -0.4 is 5.32 Å². The molecule has 166 valence electrons. The minimum absolute atomic E-state index is 0.109. The summed E-state index contributed by atoms with van der Waals surface area (Å²) in [6.45, 7) is 2.40. The second-order valence-corrected chi connectivity index (χ2v) is 8.05. The molecule has 5 rings (SSSR count). The van der Waals surface area contributed by atoms with Crippen LogP contribution in [0, 0.1) is 12.8 Å². The van der Waals surface area contributed by atoms with Crippen LogP contribution in [0.2, 0.25) is 0 Å². The Labute approximate surface area is 180 Å². The number of aryl methyl sites for hydroxylation is 1. The second-order valence-electron chi connectivity index (χ2n) is 8.05. The number of hydrogen-bond acceptors (Lipinski definition) is 7. The standard InChI is InChI=1S/C20H19F3N8O/c1-11-2-3-15(31-26-4-5-27-31)17(28-11)18(32)30-10-12-6-14(16(30)7-12)29-19-24-8-13(9-25-19)20(21,22)23/h2-5,8-9,12,14,16H,6-7,10H2,1H3,(H,24,25,29)/t12-,14?,16?/m0/s1. The van der Waals surface area contributed by atoms with Crippen molar-refractivity contribution in [3.63, 3.8) is 0 Å². The number of pyridine rings is 1. The lowest BCUT2D eigenvalue weighted by Gasteiger charge is -2.33. The van der Waals surface area contributed by atoms with Crippen LogP contribution in [-0.2, 0) is 6.18 Å². The smallest absolute Gasteiger partial charge is 0.349 e. The van der Waals surface area contributed by atoms with Gasteiger partial charge in [0.25, 0.3) is 5.91 Å². The van der Waals surface area contributed by atoms with Crippen LogP contribution in [0.4, 0.5) is 19.1 Å². The van der Waals surface area contributed by atoms with Gasteiger partial charge in [0, 0.05) is 30.7 Å². The molecule has 4 heterocycles. The third kappa shape index (κ3) is 3.65. The molecule has 12 heteroatoms. The molecular formula is C20H19F3N8O. The highest BCUT2D eigenvalue weighted by Crippen LogP contribution is 2.40. The molecule has 1 saturated heterocycles. The molecule has 1 amide bonds. The first-order chi connectivity index (χ1) is 15.3. The summed E-state index contributed by atoms with van der Waals surface area (Å²) >= 11 is 0. The Balaban J connectivity index is 1.37. The van der Waals surface area contributed by atoms with Crippen LogP contribution in [-0.4, -0.2) is 59.4 Å². The van der Waals surface area contributed by atoms with Crippen molar-refractivity contribution >= 4 is 11.9 Å². The molecule has 0 radical (unpaired) electrons. The first kappa shape index (κ1) is 20.3. The van der Waals surface area contributed by atoms with Crippen molar-refractivity contribution in [2.75, 3.05) is 11.9 Å². The molecule has 2 aliphatic rings. The first-order valence-corrected chi connectivity index (χ1v) is 10.1. The maximum atomic E-state index is 13.5. The number of piperidine rings is 1. The highest BCUT2D eigenvalue weighted by atomic mass is 19.4. The number of anilines is 1. The molecule has 2 fully saturated rings. The predicted molar refractivity (Wildman–Crippen MR) is 106 cm³/mol. The summed E-state index contributed by atoms with van der Waals surface area (Å²) in [5.41, 5.74) is 0.543. The van der Waals surface area contributed by atoms with Crippen LogP contribution in [0.1, 0.15) is 34.6 Å². The Morgan fingerprint density at radius 2 is 1.84 bits per heavy atom. The summed E-state index contributed by atoms with van der Waals surface area (Å²) in [6, 6.07) is 3.25. The average Bonchev–Trinajstić information content (AvgIpc) is 3.50. The zero-order valence-corrected chi connectivity index (χ0v) is 17.0. The fourth-order valence-corrected chi connectivity index (χ4v) is 4.47. The molecule has 32 heavy (non-hydrogen) atoms. The molecular weight excluding hydrogens is 425 g/mol. The fraction of sp³-hybridized carbons (Fsp3) is 0.400. The third-order valence-corrected chi connectivity index (χ3v) is 5.89. The number of carbonyl (C=O) groups is 1. The molecule has 1 saturated carbocycles. The van der Waals surface area contributed by atoms with Gasteiger partial charge >= 0.3 is 6.18 Å². The van der Waals surface area contributed by atoms with Gasteiger partial charge in [-0.1, -0.05) is 0 Å². The van der Waals surface area contributed by atoms with Gasteiger partial charge in [0.2, 0.25) is 5.95 Å². The number of rotatable bonds is 4. The summed E-state index contributed by atoms with van der Waals surface area (Å²) in [4.78, 5) is 28.7. The van der Waals surface area contributed by atoms with Crippen LogP contribution in [0.25, 0.3) is 5.69 Å². The number of hydrogen-bond donors (Lipinski definition) is 1. The van der Waals surface area contributed by atoms with E-state index in [0.29, 0.717) is 17.9 Å². The van der Waals surface area contributed by atoms with Crippen molar-refractivity contribution in [3.05, 3.63) is 53.9 Å². The molecule has 1 N–H and O–H groups in total. The van der Waals surface area contributed by atoms with E-state index in [9.17, 15) is 18.0 Å². The van der Waals surface area contributed by atoms with E-state index in [2.05, 4.69) is 30.5 Å². The van der Waals surface area contributed by atoms with Crippen molar-refractivity contribution in [2.45, 2.75) is 38.0 Å². The summed E-state index contributed by atoms with van der Waals surface area (Å²) in [6.07, 6.45) is 1.65. The number of nitrogens with one attached hydrogen (secondary N) is 1. The topological polar surface area (TPSA) is 102 Å². The van der Waals surface area contributed by atoms with Gasteiger partial charge in [-0.05, 0) is 37.8 Å². The number of aromatic nitrogens is 6. The Kier molecular flexibility index (Phi) is 4.79. The van der Waals surface area contributed by atoms with E-state index in [4.69, 9.17) is 0 Å². The Morgan fingerprint density at radius 1 is 1.12 bits per heavy atom. The number of halogens is 3. The van der Waals surface area contributed by atoms with Crippen LogP contribution in [0.5, 0.6) is 0 Å². The van der Waals surface area contributed by atoms with E-state index in [-0.39, 0.29) is 35.6 Å². The third-order valence-electron chi connectivity index (χ3n) is 5.89. The van der Waals surface area contributed by atoms with E-state index in [1.807, 2.05) is 0 Å². The van der Waals surface area contributed by atoms with E-state index in [1.165, 1.54) is 17.2 Å². The maximum Gasteiger partial charge on any atom is 0.419 e. The van der Waals surface area contributed by atoms with Crippen molar-refractivity contribution < 1.29 is 18.0 Å². The van der Waals surface area contributed by atoms with Gasteiger partial charge in [-0.15, -0.1) is 4.80 Å². The largest absolute Gasteiger partial charge is 0.419 e. The van der Waals surface area contributed by atoms with E-state index < -0.39 is 11.7 Å². The minimum Gasteiger partial charge on any atom is -0.349 e. The van der Waals surface area contributed by atoms with Crippen LogP contribution in [0.15, 0.2) is 36.9 Å². The van der Waals surface area contributed by atoms with Gasteiger partial charge in [-0.2, -0.15) is 23.4 Å². The molecule has 3 aromatic rings. The van der Waals surface area contributed by atoms with E-state index >= 15 is 0 Å². The number of nitrogens with zero attached hydrogens (tertiary/aromatic N) is 7. The number of carbonyl (C=O) groups excluding carboxylic acids is 1. The molecule has 3 aromatic heterocycles. The predicted octanol–water partition coefficient (Wildman–Crippen LogP) is 2.49. The van der Waals surface area contributed by atoms with Crippen molar-refractivity contribution in [1.29, 1.82) is 0 Å². The number of amides is 1. The van der Waals surface area contributed by atoms with Gasteiger partial charge in [0.05, 0.1) is 24.0 Å². The normalized spacial score (nSPS) is 22.4. The monoisotopic (exact) mass is 444 g/mol. The fourth-order valence-electron chi connectivity index (χ4n) is 4.47. The lowest BCUT2D eigenvalue weighted by atomic mass is 10.0. The molecule has 1 aliphatic carbocycles. The van der Waals surface area contributed by atoms with Crippen LogP contribution in [0.3, 0.4) is 0 Å². The van der Waals surface area contributed by atoms with Gasteiger partial charge in [0.1, 0.15) is 5.69 Å². The SMILES string of the molecule is Cc1ccc(-n2nccn2)c(C(=O)N2C[C@H]3CC(Nc4ncc(C(F)(F)F)cn4)C2C3)n1. The summed E-state index contributed by atoms with van der Waals surface area (Å²) in [5.74, 6) is 0.165. The lowest BCUT2D eigenvalue weighted by Crippen LogP contribution is -2.48. The van der Waals surface area contributed by atoms with Crippen molar-refractivity contribution in [3.8, 4) is 5.69 Å². The highest BCUT2D eigenvalue weighted by molar-refractivity contribution is 5.96. The Hall–Kier alpha value is -3.57. The zero-order chi connectivity index (χ0) is 22.5. The average molecular weight is 444 g/mol. The minimum atomic E-state index is -4.49. The maximum absolute atomic E-state index is 13.5. The summed E-state index contributed by atoms with van der Waals surface area (Å²) in [7, 11) is 0. The molecule has 9 nitrogen and oxygen atoms in total. The quantitative estimate of drug-likeness (QED) is 0.660. The van der Waals surface area contributed by atoms with E-state index in [0.717, 1.165) is 25.2 Å². The molecule has 2 unspecified atom stereocenters. The summed E-state index contributed by atoms with van der Waals surface area (Å²) < 4.78 is 38.2. The Bertz CT molecular complexity index is 1130. The molecule has 1 aliphatic heterocycles.